The molecule has 0 saturated carbocycles. The van der Waals surface area contributed by atoms with Gasteiger partial charge in [0, 0.05) is 6.54 Å². The smallest absolute Gasteiger partial charge is 0.240 e. The lowest BCUT2D eigenvalue weighted by Gasteiger charge is -2.19. The van der Waals surface area contributed by atoms with Crippen LogP contribution in [0.15, 0.2) is 41.3 Å². The van der Waals surface area contributed by atoms with Gasteiger partial charge in [-0.25, -0.2) is 13.1 Å². The van der Waals surface area contributed by atoms with Crippen molar-refractivity contribution in [3.05, 3.63) is 53.1 Å². The van der Waals surface area contributed by atoms with E-state index in [9.17, 15) is 8.42 Å². The Hall–Kier alpha value is -2.05. The molecule has 0 bridgehead atoms. The van der Waals surface area contributed by atoms with Crippen LogP contribution in [-0.4, -0.2) is 28.7 Å². The van der Waals surface area contributed by atoms with Crippen LogP contribution in [0.5, 0.6) is 11.5 Å². The van der Waals surface area contributed by atoms with Crippen molar-refractivity contribution in [2.24, 2.45) is 0 Å². The summed E-state index contributed by atoms with van der Waals surface area (Å²) in [5.74, 6) is 1.54. The highest BCUT2D eigenvalue weighted by Gasteiger charge is 2.16. The molecule has 0 heterocycles. The molecule has 1 aliphatic carbocycles. The van der Waals surface area contributed by atoms with Crippen molar-refractivity contribution in [3.8, 4) is 11.5 Å². The highest BCUT2D eigenvalue weighted by molar-refractivity contribution is 7.89. The van der Waals surface area contributed by atoms with Crippen LogP contribution in [-0.2, 0) is 22.9 Å². The fourth-order valence-electron chi connectivity index (χ4n) is 3.32. The summed E-state index contributed by atoms with van der Waals surface area (Å²) in [7, 11) is -2.00. The number of benzene rings is 2. The van der Waals surface area contributed by atoms with Gasteiger partial charge in [0.1, 0.15) is 18.1 Å². The van der Waals surface area contributed by atoms with Gasteiger partial charge in [0.05, 0.1) is 12.0 Å². The third-order valence-electron chi connectivity index (χ3n) is 4.68. The zero-order valence-corrected chi connectivity index (χ0v) is 16.1. The number of fused-ring (bicyclic) bond motifs is 1. The van der Waals surface area contributed by atoms with E-state index in [4.69, 9.17) is 9.47 Å². The molecule has 0 radical (unpaired) electrons. The highest BCUT2D eigenvalue weighted by Crippen LogP contribution is 2.29. The first-order chi connectivity index (χ1) is 12.5. The van der Waals surface area contributed by atoms with E-state index in [1.807, 2.05) is 19.1 Å². The Morgan fingerprint density at radius 1 is 1.08 bits per heavy atom. The molecule has 5 nitrogen and oxygen atoms in total. The maximum Gasteiger partial charge on any atom is 0.240 e. The van der Waals surface area contributed by atoms with E-state index in [2.05, 4.69) is 10.8 Å². The monoisotopic (exact) mass is 375 g/mol. The summed E-state index contributed by atoms with van der Waals surface area (Å²) in [4.78, 5) is 0.230. The van der Waals surface area contributed by atoms with Gasteiger partial charge < -0.3 is 9.47 Å². The van der Waals surface area contributed by atoms with E-state index >= 15 is 0 Å². The maximum atomic E-state index is 12.4. The average Bonchev–Trinajstić information content (AvgIpc) is 2.65. The van der Waals surface area contributed by atoms with Crippen molar-refractivity contribution in [1.29, 1.82) is 0 Å². The Labute approximate surface area is 155 Å². The van der Waals surface area contributed by atoms with E-state index in [0.29, 0.717) is 12.4 Å². The second-order valence-corrected chi connectivity index (χ2v) is 8.25. The number of hydrogen-bond acceptors (Lipinski definition) is 4. The number of rotatable bonds is 7. The molecule has 0 spiro atoms. The third-order valence-corrected chi connectivity index (χ3v) is 6.14. The summed E-state index contributed by atoms with van der Waals surface area (Å²) in [5.41, 5.74) is 3.40. The first-order valence-corrected chi connectivity index (χ1v) is 10.4. The minimum atomic E-state index is -3.57. The molecule has 2 aromatic rings. The number of nitrogens with one attached hydrogen (secondary N) is 1. The van der Waals surface area contributed by atoms with Gasteiger partial charge >= 0.3 is 0 Å². The van der Waals surface area contributed by atoms with Crippen molar-refractivity contribution in [3.63, 3.8) is 0 Å². The minimum Gasteiger partial charge on any atom is -0.496 e. The summed E-state index contributed by atoms with van der Waals surface area (Å²) in [6.07, 6.45) is 4.52. The van der Waals surface area contributed by atoms with Gasteiger partial charge in [-0.2, -0.15) is 0 Å². The van der Waals surface area contributed by atoms with Gasteiger partial charge in [0.2, 0.25) is 10.0 Å². The van der Waals surface area contributed by atoms with Crippen LogP contribution in [0.1, 0.15) is 29.5 Å². The first-order valence-electron chi connectivity index (χ1n) is 8.89. The van der Waals surface area contributed by atoms with E-state index in [1.54, 1.807) is 25.3 Å². The molecule has 0 amide bonds. The Balaban J connectivity index is 1.59. The van der Waals surface area contributed by atoms with E-state index in [-0.39, 0.29) is 11.4 Å². The summed E-state index contributed by atoms with van der Waals surface area (Å²) in [5, 5.41) is 0. The summed E-state index contributed by atoms with van der Waals surface area (Å²) >= 11 is 0. The molecule has 6 heteroatoms. The first kappa shape index (κ1) is 18.7. The van der Waals surface area contributed by atoms with Gasteiger partial charge in [-0.05, 0) is 73.6 Å². The highest BCUT2D eigenvalue weighted by atomic mass is 32.2. The SMILES string of the molecule is COc1ccc(S(=O)(=O)NCCOc2cccc3c2CCCC3)cc1C. The molecule has 1 aliphatic rings. The summed E-state index contributed by atoms with van der Waals surface area (Å²) in [6, 6.07) is 10.9. The number of hydrogen-bond donors (Lipinski definition) is 1. The maximum absolute atomic E-state index is 12.4. The number of methoxy groups -OCH3 is 1. The second-order valence-electron chi connectivity index (χ2n) is 6.48. The fraction of sp³-hybridized carbons (Fsp3) is 0.400. The van der Waals surface area contributed by atoms with E-state index < -0.39 is 10.0 Å². The van der Waals surface area contributed by atoms with Crippen molar-refractivity contribution in [2.45, 2.75) is 37.5 Å². The topological polar surface area (TPSA) is 64.6 Å². The predicted molar refractivity (Wildman–Crippen MR) is 101 cm³/mol. The molecular formula is C20H25NO4S. The van der Waals surface area contributed by atoms with Gasteiger partial charge in [0.15, 0.2) is 0 Å². The Kier molecular flexibility index (Phi) is 5.84. The fourth-order valence-corrected chi connectivity index (χ4v) is 4.42. The Morgan fingerprint density at radius 3 is 2.65 bits per heavy atom. The molecule has 26 heavy (non-hydrogen) atoms. The third kappa shape index (κ3) is 4.19. The average molecular weight is 375 g/mol. The number of ether oxygens (including phenoxy) is 2. The van der Waals surface area contributed by atoms with Gasteiger partial charge in [-0.3, -0.25) is 0 Å². The standard InChI is InChI=1S/C20H25NO4S/c1-15-14-17(10-11-19(15)24-2)26(22,23)21-12-13-25-20-9-5-7-16-6-3-4-8-18(16)20/h5,7,9-11,14,21H,3-4,6,8,12-13H2,1-2H3. The number of sulfonamides is 1. The van der Waals surface area contributed by atoms with Crippen molar-refractivity contribution < 1.29 is 17.9 Å². The second kappa shape index (κ2) is 8.10. The Bertz CT molecular complexity index is 877. The lowest BCUT2D eigenvalue weighted by atomic mass is 9.91. The van der Waals surface area contributed by atoms with Crippen molar-refractivity contribution in [1.82, 2.24) is 4.72 Å². The van der Waals surface area contributed by atoms with Gasteiger partial charge in [0.25, 0.3) is 0 Å². The van der Waals surface area contributed by atoms with Gasteiger partial charge in [-0.15, -0.1) is 0 Å². The molecule has 3 rings (SSSR count). The molecule has 0 saturated heterocycles. The molecule has 0 atom stereocenters. The molecule has 140 valence electrons. The van der Waals surface area contributed by atoms with Crippen molar-refractivity contribution >= 4 is 10.0 Å². The summed E-state index contributed by atoms with van der Waals surface area (Å²) in [6.45, 7) is 2.33. The quantitative estimate of drug-likeness (QED) is 0.755. The van der Waals surface area contributed by atoms with E-state index in [0.717, 1.165) is 24.2 Å². The van der Waals surface area contributed by atoms with Crippen molar-refractivity contribution in [2.75, 3.05) is 20.3 Å². The molecule has 1 N–H and O–H groups in total. The minimum absolute atomic E-state index is 0.219. The van der Waals surface area contributed by atoms with Crippen LogP contribution in [0.2, 0.25) is 0 Å². The molecule has 0 aliphatic heterocycles. The van der Waals surface area contributed by atoms with Crippen LogP contribution in [0.4, 0.5) is 0 Å². The molecule has 0 aromatic heterocycles. The normalized spacial score (nSPS) is 13.9. The van der Waals surface area contributed by atoms with Crippen LogP contribution < -0.4 is 14.2 Å². The summed E-state index contributed by atoms with van der Waals surface area (Å²) < 4.78 is 38.5. The molecule has 0 unspecified atom stereocenters. The molecule has 2 aromatic carbocycles. The van der Waals surface area contributed by atoms with Crippen LogP contribution in [0, 0.1) is 6.92 Å². The zero-order chi connectivity index (χ0) is 18.6. The molecular weight excluding hydrogens is 350 g/mol. The lowest BCUT2D eigenvalue weighted by Crippen LogP contribution is -2.28. The Morgan fingerprint density at radius 2 is 1.88 bits per heavy atom. The van der Waals surface area contributed by atoms with Gasteiger partial charge in [-0.1, -0.05) is 12.1 Å². The van der Waals surface area contributed by atoms with E-state index in [1.165, 1.54) is 24.0 Å². The zero-order valence-electron chi connectivity index (χ0n) is 15.2. The molecule has 0 fully saturated rings. The van der Waals surface area contributed by atoms with Crippen LogP contribution in [0.3, 0.4) is 0 Å². The number of aryl methyl sites for hydroxylation is 2. The largest absolute Gasteiger partial charge is 0.496 e. The lowest BCUT2D eigenvalue weighted by molar-refractivity contribution is 0.318. The predicted octanol–water partition coefficient (Wildman–Crippen LogP) is 3.24. The van der Waals surface area contributed by atoms with Crippen LogP contribution in [0.25, 0.3) is 0 Å². The van der Waals surface area contributed by atoms with Crippen LogP contribution >= 0.6 is 0 Å².